The zero-order valence-corrected chi connectivity index (χ0v) is 30.5. The summed E-state index contributed by atoms with van der Waals surface area (Å²) in [5.41, 5.74) is 0.832. The van der Waals surface area contributed by atoms with Crippen LogP contribution in [0.15, 0.2) is 48.7 Å². The second kappa shape index (κ2) is 17.8. The Balaban J connectivity index is 1.85. The smallest absolute Gasteiger partial charge is 0.411 e. The lowest BCUT2D eigenvalue weighted by Crippen LogP contribution is -2.40. The number of ether oxygens (including phenoxy) is 1. The van der Waals surface area contributed by atoms with Gasteiger partial charge in [0.05, 0.1) is 48.3 Å². The fourth-order valence-electron chi connectivity index (χ4n) is 5.67. The number of nitrogens with zero attached hydrogens (tertiary/aromatic N) is 2. The Morgan fingerprint density at radius 1 is 1.06 bits per heavy atom. The van der Waals surface area contributed by atoms with E-state index in [0.717, 1.165) is 17.0 Å². The summed E-state index contributed by atoms with van der Waals surface area (Å²) in [7, 11) is -2.84. The molecule has 1 aromatic heterocycles. The van der Waals surface area contributed by atoms with Crippen LogP contribution in [0.4, 0.5) is 25.0 Å². The Morgan fingerprint density at radius 2 is 1.77 bits per heavy atom. The number of carbonyl (C=O) groups excluding carboxylic acids is 5. The number of ketones is 2. The molecular formula is C35H38ClF2N4O9P. The molecule has 0 aliphatic carbocycles. The van der Waals surface area contributed by atoms with Gasteiger partial charge in [-0.1, -0.05) is 24.6 Å². The predicted molar refractivity (Wildman–Crippen MR) is 188 cm³/mol. The van der Waals surface area contributed by atoms with Crippen LogP contribution < -0.4 is 10.6 Å². The first-order valence-electron chi connectivity index (χ1n) is 16.3. The number of pyridine rings is 1. The van der Waals surface area contributed by atoms with E-state index in [1.165, 1.54) is 26.3 Å². The zero-order valence-electron chi connectivity index (χ0n) is 28.9. The van der Waals surface area contributed by atoms with Crippen LogP contribution >= 0.6 is 19.2 Å². The average Bonchev–Trinajstić information content (AvgIpc) is 3.09. The van der Waals surface area contributed by atoms with Crippen molar-refractivity contribution in [2.45, 2.75) is 46.1 Å². The van der Waals surface area contributed by atoms with Crippen LogP contribution in [-0.4, -0.2) is 72.4 Å². The van der Waals surface area contributed by atoms with Gasteiger partial charge in [0, 0.05) is 49.2 Å². The van der Waals surface area contributed by atoms with Gasteiger partial charge in [-0.25, -0.2) is 13.6 Å². The predicted octanol–water partition coefficient (Wildman–Crippen LogP) is 7.20. The average molecular weight is 763 g/mol. The number of nitrogens with one attached hydrogen (secondary N) is 2. The van der Waals surface area contributed by atoms with E-state index in [1.807, 2.05) is 0 Å². The number of fused-ring (bicyclic) bond motifs is 4. The maximum Gasteiger partial charge on any atom is 0.411 e. The zero-order chi connectivity index (χ0) is 38.2. The van der Waals surface area contributed by atoms with Gasteiger partial charge in [-0.05, 0) is 55.8 Å². The molecule has 2 unspecified atom stereocenters. The van der Waals surface area contributed by atoms with E-state index in [4.69, 9.17) is 20.6 Å². The molecule has 2 heterocycles. The highest BCUT2D eigenvalue weighted by molar-refractivity contribution is 7.54. The molecular weight excluding hydrogens is 725 g/mol. The number of anilines is 2. The van der Waals surface area contributed by atoms with Gasteiger partial charge in [0.25, 0.3) is 0 Å². The molecule has 52 heavy (non-hydrogen) atoms. The minimum absolute atomic E-state index is 0.0574. The third-order valence-electron chi connectivity index (χ3n) is 8.12. The summed E-state index contributed by atoms with van der Waals surface area (Å²) in [5, 5.41) is 4.87. The van der Waals surface area contributed by atoms with Gasteiger partial charge in [-0.2, -0.15) is 0 Å². The largest absolute Gasteiger partial charge is 0.453 e. The minimum Gasteiger partial charge on any atom is -0.453 e. The van der Waals surface area contributed by atoms with Crippen molar-refractivity contribution >= 4 is 60.0 Å². The molecule has 2 atom stereocenters. The summed E-state index contributed by atoms with van der Waals surface area (Å²) in [6.07, 6.45) is -1.40. The van der Waals surface area contributed by atoms with E-state index < -0.39 is 96.8 Å². The Kier molecular flexibility index (Phi) is 13.7. The highest BCUT2D eigenvalue weighted by atomic mass is 35.5. The number of hydrogen-bond donors (Lipinski definition) is 2. The van der Waals surface area contributed by atoms with Crippen molar-refractivity contribution in [2.24, 2.45) is 5.92 Å². The number of hydrogen-bond acceptors (Lipinski definition) is 10. The van der Waals surface area contributed by atoms with Crippen molar-refractivity contribution in [1.82, 2.24) is 9.88 Å². The van der Waals surface area contributed by atoms with Crippen LogP contribution in [0, 0.1) is 17.6 Å². The van der Waals surface area contributed by atoms with Crippen molar-refractivity contribution in [3.63, 3.8) is 0 Å². The number of Topliss-reactive ketones (excluding diaryl/α,β-unsaturated/α-hetero) is 2. The molecule has 3 amide bonds. The van der Waals surface area contributed by atoms with Crippen molar-refractivity contribution in [2.75, 3.05) is 43.7 Å². The first-order chi connectivity index (χ1) is 24.7. The summed E-state index contributed by atoms with van der Waals surface area (Å²) in [6, 6.07) is 8.50. The lowest BCUT2D eigenvalue weighted by atomic mass is 9.93. The third kappa shape index (κ3) is 9.85. The van der Waals surface area contributed by atoms with Gasteiger partial charge in [-0.15, -0.1) is 0 Å². The summed E-state index contributed by atoms with van der Waals surface area (Å²) in [4.78, 5) is 71.8. The molecule has 2 bridgehead atoms. The van der Waals surface area contributed by atoms with Gasteiger partial charge in [0.2, 0.25) is 11.8 Å². The maximum atomic E-state index is 14.8. The minimum atomic E-state index is -4.04. The van der Waals surface area contributed by atoms with Gasteiger partial charge in [0.1, 0.15) is 17.8 Å². The normalized spacial score (nSPS) is 16.1. The SMILES string of the molecule is CCOP(=O)(CC(=O)N(CCC(=O)c1c(F)ccc(Cl)c1F)C1CC(=O)CC(C)C(=O)Nc2cc(NC(=O)OC)ccc2-c2ccnc1c2)OCC. The van der Waals surface area contributed by atoms with E-state index in [2.05, 4.69) is 20.4 Å². The molecule has 2 aromatic carbocycles. The number of benzene rings is 2. The number of halogens is 3. The molecule has 0 saturated heterocycles. The number of methoxy groups -OCH3 is 1. The third-order valence-corrected chi connectivity index (χ3v) is 10.4. The van der Waals surface area contributed by atoms with E-state index in [9.17, 15) is 37.3 Å². The Bertz CT molecular complexity index is 1900. The fraction of sp³-hybridized carbons (Fsp3) is 0.371. The lowest BCUT2D eigenvalue weighted by Gasteiger charge is -2.33. The van der Waals surface area contributed by atoms with Crippen LogP contribution in [0.5, 0.6) is 0 Å². The highest BCUT2D eigenvalue weighted by Crippen LogP contribution is 2.48. The molecule has 3 aromatic rings. The van der Waals surface area contributed by atoms with E-state index in [0.29, 0.717) is 16.8 Å². The fourth-order valence-corrected chi connectivity index (χ4v) is 7.38. The molecule has 1 aliphatic rings. The Labute approximate surface area is 303 Å². The number of aromatic nitrogens is 1. The maximum absolute atomic E-state index is 14.8. The highest BCUT2D eigenvalue weighted by Gasteiger charge is 2.36. The monoisotopic (exact) mass is 762 g/mol. The molecule has 278 valence electrons. The topological polar surface area (TPSA) is 170 Å². The molecule has 0 radical (unpaired) electrons. The molecule has 0 fully saturated rings. The summed E-state index contributed by atoms with van der Waals surface area (Å²) < 4.78 is 58.4. The van der Waals surface area contributed by atoms with Crippen LogP contribution in [0.25, 0.3) is 11.1 Å². The van der Waals surface area contributed by atoms with Crippen LogP contribution in [0.1, 0.15) is 62.1 Å². The quantitative estimate of drug-likeness (QED) is 0.109. The number of rotatable bonds is 12. The van der Waals surface area contributed by atoms with Crippen molar-refractivity contribution in [3.8, 4) is 11.1 Å². The van der Waals surface area contributed by atoms with Gasteiger partial charge in [-0.3, -0.25) is 34.0 Å². The van der Waals surface area contributed by atoms with Crippen molar-refractivity contribution in [1.29, 1.82) is 0 Å². The van der Waals surface area contributed by atoms with E-state index >= 15 is 0 Å². The second-order valence-corrected chi connectivity index (χ2v) is 14.2. The molecule has 0 saturated carbocycles. The van der Waals surface area contributed by atoms with Gasteiger partial charge in [0.15, 0.2) is 11.6 Å². The molecule has 1 aliphatic heterocycles. The summed E-state index contributed by atoms with van der Waals surface area (Å²) in [6.45, 7) is 4.05. The molecule has 2 N–H and O–H groups in total. The number of amides is 3. The number of carbonyl (C=O) groups is 5. The van der Waals surface area contributed by atoms with Gasteiger partial charge >= 0.3 is 13.7 Å². The first-order valence-corrected chi connectivity index (χ1v) is 18.4. The Morgan fingerprint density at radius 3 is 2.44 bits per heavy atom. The van der Waals surface area contributed by atoms with Crippen LogP contribution in [0.2, 0.25) is 5.02 Å². The second-order valence-electron chi connectivity index (χ2n) is 11.8. The van der Waals surface area contributed by atoms with Crippen LogP contribution in [0.3, 0.4) is 0 Å². The van der Waals surface area contributed by atoms with Crippen LogP contribution in [-0.2, 0) is 32.7 Å². The first kappa shape index (κ1) is 40.2. The van der Waals surface area contributed by atoms with E-state index in [-0.39, 0.29) is 31.0 Å². The molecule has 17 heteroatoms. The Hall–Kier alpha value is -4.56. The van der Waals surface area contributed by atoms with Gasteiger partial charge < -0.3 is 24.0 Å². The molecule has 0 spiro atoms. The lowest BCUT2D eigenvalue weighted by molar-refractivity contribution is -0.133. The standard InChI is InChI=1S/C35H38ClF2N4O9P/c1-5-50-52(48,51-6-2)19-31(45)42(14-12-30(44)32-26(37)10-9-25(36)33(32)38)29-18-23(43)15-20(3)34(46)41-27-17-22(40-35(47)49-4)7-8-24(27)21-11-13-39-28(29)16-21/h7-11,13,16-17,20,29H,5-6,12,14-15,18-19H2,1-4H3,(H,40,47)(H,41,46). The molecule has 4 rings (SSSR count). The van der Waals surface area contributed by atoms with E-state index in [1.54, 1.807) is 38.1 Å². The molecule has 13 nitrogen and oxygen atoms in total. The van der Waals surface area contributed by atoms with Crippen molar-refractivity contribution < 1.29 is 51.1 Å². The van der Waals surface area contributed by atoms with Crippen molar-refractivity contribution in [3.05, 3.63) is 76.6 Å². The summed E-state index contributed by atoms with van der Waals surface area (Å²) >= 11 is 5.82. The summed E-state index contributed by atoms with van der Waals surface area (Å²) in [5.74, 6) is -6.14.